The number of aliphatic carboxylic acids is 1. The molecule has 0 fully saturated rings. The zero-order valence-corrected chi connectivity index (χ0v) is 19.1. The molecule has 34 heavy (non-hydrogen) atoms. The Bertz CT molecular complexity index is 1270. The Morgan fingerprint density at radius 1 is 1.29 bits per heavy atom. The first-order chi connectivity index (χ1) is 16.0. The van der Waals surface area contributed by atoms with E-state index in [0.29, 0.717) is 34.7 Å². The average molecular weight is 492 g/mol. The Labute approximate surface area is 196 Å². The second-order valence-electron chi connectivity index (χ2n) is 8.07. The number of aryl methyl sites for hydroxylation is 2. The minimum atomic E-state index is -4.57. The lowest BCUT2D eigenvalue weighted by Gasteiger charge is -2.11. The minimum Gasteiger partial charge on any atom is -0.488 e. The highest BCUT2D eigenvalue weighted by Crippen LogP contribution is 2.37. The van der Waals surface area contributed by atoms with Gasteiger partial charge >= 0.3 is 12.1 Å². The summed E-state index contributed by atoms with van der Waals surface area (Å²) in [5.74, 6) is -3.27. The van der Waals surface area contributed by atoms with E-state index < -0.39 is 23.9 Å². The van der Waals surface area contributed by atoms with Gasteiger partial charge in [0.1, 0.15) is 23.2 Å². The smallest absolute Gasteiger partial charge is 0.398 e. The number of carboxylic acid groups (broad SMARTS) is 1. The van der Waals surface area contributed by atoms with Crippen LogP contribution in [-0.2, 0) is 17.8 Å². The fourth-order valence-electron chi connectivity index (χ4n) is 3.67. The lowest BCUT2D eigenvalue weighted by molar-refractivity contribution is -0.149. The van der Waals surface area contributed by atoms with Gasteiger partial charge in [-0.1, -0.05) is 12.2 Å². The molecule has 5 nitrogen and oxygen atoms in total. The van der Waals surface area contributed by atoms with Crippen LogP contribution in [0.1, 0.15) is 33.1 Å². The van der Waals surface area contributed by atoms with Gasteiger partial charge in [-0.3, -0.25) is 9.79 Å². The summed E-state index contributed by atoms with van der Waals surface area (Å²) in [7, 11) is 0. The molecule has 1 aliphatic heterocycles. The molecule has 1 unspecified atom stereocenters. The summed E-state index contributed by atoms with van der Waals surface area (Å²) < 4.78 is 59.0. The minimum absolute atomic E-state index is 0.115. The molecule has 2 heterocycles. The number of carboxylic acids is 1. The van der Waals surface area contributed by atoms with E-state index in [4.69, 9.17) is 9.84 Å². The zero-order chi connectivity index (χ0) is 24.6. The molecule has 0 spiro atoms. The first kappa shape index (κ1) is 23.9. The second-order valence-corrected chi connectivity index (χ2v) is 9.15. The van der Waals surface area contributed by atoms with Gasteiger partial charge in [-0.2, -0.15) is 13.2 Å². The number of halogens is 4. The van der Waals surface area contributed by atoms with Crippen molar-refractivity contribution >= 4 is 34.3 Å². The molecule has 1 aliphatic carbocycles. The van der Waals surface area contributed by atoms with Gasteiger partial charge in [-0.15, -0.1) is 11.3 Å². The van der Waals surface area contributed by atoms with E-state index in [9.17, 15) is 22.4 Å². The fraction of sp³-hybridized carbons (Fsp3) is 0.292. The van der Waals surface area contributed by atoms with E-state index in [-0.39, 0.29) is 18.6 Å². The number of nitrogens with zero attached hydrogens (tertiary/aromatic N) is 2. The first-order valence-corrected chi connectivity index (χ1v) is 11.2. The van der Waals surface area contributed by atoms with Gasteiger partial charge < -0.3 is 9.84 Å². The van der Waals surface area contributed by atoms with E-state index in [1.54, 1.807) is 6.92 Å². The van der Waals surface area contributed by atoms with Crippen LogP contribution in [0, 0.1) is 19.8 Å². The molecule has 0 saturated carbocycles. The van der Waals surface area contributed by atoms with Gasteiger partial charge in [0, 0.05) is 17.7 Å². The van der Waals surface area contributed by atoms with Gasteiger partial charge in [-0.05, 0) is 49.3 Å². The van der Waals surface area contributed by atoms with Gasteiger partial charge in [0.15, 0.2) is 0 Å². The normalized spacial score (nSPS) is 17.6. The molecule has 1 N–H and O–H groups in total. The van der Waals surface area contributed by atoms with Crippen LogP contribution >= 0.6 is 11.3 Å². The molecule has 1 aromatic carbocycles. The van der Waals surface area contributed by atoms with Crippen molar-refractivity contribution in [2.24, 2.45) is 10.9 Å². The number of carbonyl (C=O) groups is 1. The number of aromatic nitrogens is 1. The predicted octanol–water partition coefficient (Wildman–Crippen LogP) is 6.43. The van der Waals surface area contributed by atoms with Crippen LogP contribution < -0.4 is 4.74 Å². The predicted molar refractivity (Wildman–Crippen MR) is 121 cm³/mol. The molecule has 1 atom stereocenters. The number of hydrogen-bond acceptors (Lipinski definition) is 5. The fourth-order valence-corrected chi connectivity index (χ4v) is 4.64. The molecule has 0 radical (unpaired) electrons. The zero-order valence-electron chi connectivity index (χ0n) is 18.2. The summed E-state index contributed by atoms with van der Waals surface area (Å²) in [6.07, 6.45) is -0.497. The molecule has 0 amide bonds. The molecule has 0 bridgehead atoms. The molecule has 178 valence electrons. The molecule has 2 aromatic rings. The highest BCUT2D eigenvalue weighted by Gasteiger charge is 2.37. The molecule has 0 saturated heterocycles. The van der Waals surface area contributed by atoms with E-state index in [1.165, 1.54) is 17.4 Å². The van der Waals surface area contributed by atoms with Gasteiger partial charge in [0.05, 0.1) is 28.6 Å². The number of rotatable bonds is 6. The SMILES string of the molecule is Cc1cc2c(cc1OCc1sc(C3=CC(F)=CC(C(F)(F)F)C=C3)nc1C)CC(CC(=O)O)=N2. The Morgan fingerprint density at radius 3 is 2.76 bits per heavy atom. The summed E-state index contributed by atoms with van der Waals surface area (Å²) in [5.41, 5.74) is 3.94. The molecule has 2 aliphatic rings. The number of aliphatic imine (C=N–C) groups is 1. The maximum Gasteiger partial charge on any atom is 0.398 e. The van der Waals surface area contributed by atoms with Gasteiger partial charge in [0.2, 0.25) is 0 Å². The van der Waals surface area contributed by atoms with E-state index in [1.807, 2.05) is 19.1 Å². The Morgan fingerprint density at radius 2 is 2.06 bits per heavy atom. The number of thiazole rings is 1. The maximum atomic E-state index is 14.0. The van der Waals surface area contributed by atoms with E-state index in [2.05, 4.69) is 9.98 Å². The monoisotopic (exact) mass is 492 g/mol. The van der Waals surface area contributed by atoms with E-state index in [0.717, 1.165) is 33.8 Å². The molecule has 4 rings (SSSR count). The summed E-state index contributed by atoms with van der Waals surface area (Å²) in [6, 6.07) is 3.69. The van der Waals surface area contributed by atoms with Crippen LogP contribution in [0.4, 0.5) is 23.2 Å². The van der Waals surface area contributed by atoms with Crippen molar-refractivity contribution in [3.63, 3.8) is 0 Å². The van der Waals surface area contributed by atoms with Crippen LogP contribution in [0.15, 0.2) is 47.3 Å². The lowest BCUT2D eigenvalue weighted by Crippen LogP contribution is -2.18. The number of hydrogen-bond donors (Lipinski definition) is 1. The summed E-state index contributed by atoms with van der Waals surface area (Å²) in [5, 5.41) is 9.38. The number of benzene rings is 1. The Balaban J connectivity index is 1.49. The average Bonchev–Trinajstić information content (AvgIpc) is 3.21. The van der Waals surface area contributed by atoms with Crippen LogP contribution in [0.2, 0.25) is 0 Å². The van der Waals surface area contributed by atoms with Crippen molar-refractivity contribution in [2.45, 2.75) is 39.5 Å². The van der Waals surface area contributed by atoms with Crippen molar-refractivity contribution in [2.75, 3.05) is 0 Å². The molecular formula is C24H20F4N2O3S. The largest absolute Gasteiger partial charge is 0.488 e. The topological polar surface area (TPSA) is 71.8 Å². The number of fused-ring (bicyclic) bond motifs is 1. The van der Waals surface area contributed by atoms with Crippen molar-refractivity contribution in [1.82, 2.24) is 4.98 Å². The number of allylic oxidation sites excluding steroid dienone is 6. The summed E-state index contributed by atoms with van der Waals surface area (Å²) in [4.78, 5) is 20.5. The summed E-state index contributed by atoms with van der Waals surface area (Å²) >= 11 is 1.23. The van der Waals surface area contributed by atoms with Crippen LogP contribution in [0.25, 0.3) is 5.57 Å². The standard InChI is InChI=1S/C24H20F4N2O3S/c1-12-5-19-15(7-18(30-19)10-22(31)32)8-20(12)33-11-21-13(2)29-23(34-21)14-3-4-16(24(26,27)28)9-17(25)6-14/h3-6,8-9,16H,7,10-11H2,1-2H3,(H,31,32). The first-order valence-electron chi connectivity index (χ1n) is 10.3. The third kappa shape index (κ3) is 5.27. The van der Waals surface area contributed by atoms with Crippen molar-refractivity contribution in [3.05, 3.63) is 69.0 Å². The molecule has 10 heteroatoms. The molecule has 1 aromatic heterocycles. The molecular weight excluding hydrogens is 472 g/mol. The Kier molecular flexibility index (Phi) is 6.44. The maximum absolute atomic E-state index is 14.0. The Hall–Kier alpha value is -3.27. The number of ether oxygens (including phenoxy) is 1. The van der Waals surface area contributed by atoms with E-state index >= 15 is 0 Å². The highest BCUT2D eigenvalue weighted by atomic mass is 32.1. The third-order valence-corrected chi connectivity index (χ3v) is 6.58. The van der Waals surface area contributed by atoms with Crippen molar-refractivity contribution in [3.8, 4) is 5.75 Å². The quantitative estimate of drug-likeness (QED) is 0.472. The second kappa shape index (κ2) is 9.17. The lowest BCUT2D eigenvalue weighted by atomic mass is 10.1. The van der Waals surface area contributed by atoms with Gasteiger partial charge in [0.25, 0.3) is 0 Å². The number of alkyl halides is 3. The highest BCUT2D eigenvalue weighted by molar-refractivity contribution is 7.12. The van der Waals surface area contributed by atoms with Crippen LogP contribution in [0.5, 0.6) is 5.75 Å². The van der Waals surface area contributed by atoms with Crippen LogP contribution in [-0.4, -0.2) is 27.9 Å². The third-order valence-electron chi connectivity index (χ3n) is 5.40. The van der Waals surface area contributed by atoms with Crippen molar-refractivity contribution in [1.29, 1.82) is 0 Å². The van der Waals surface area contributed by atoms with Gasteiger partial charge in [-0.25, -0.2) is 9.37 Å². The van der Waals surface area contributed by atoms with Crippen molar-refractivity contribution < 1.29 is 32.2 Å². The van der Waals surface area contributed by atoms with Crippen LogP contribution in [0.3, 0.4) is 0 Å². The summed E-state index contributed by atoms with van der Waals surface area (Å²) in [6.45, 7) is 3.79.